The Bertz CT molecular complexity index is 1200. The van der Waals surface area contributed by atoms with Crippen molar-refractivity contribution in [2.24, 2.45) is 0 Å². The van der Waals surface area contributed by atoms with Gasteiger partial charge in [0.2, 0.25) is 0 Å². The normalized spacial score (nSPS) is 10.4. The van der Waals surface area contributed by atoms with Gasteiger partial charge >= 0.3 is 0 Å². The number of carbonyl (C=O) groups excluding carboxylic acids is 2. The van der Waals surface area contributed by atoms with E-state index < -0.39 is 0 Å². The van der Waals surface area contributed by atoms with Crippen molar-refractivity contribution in [3.05, 3.63) is 106 Å². The van der Waals surface area contributed by atoms with E-state index in [2.05, 4.69) is 42.5 Å². The number of anilines is 2. The average Bonchev–Trinajstić information content (AvgIpc) is 2.89. The van der Waals surface area contributed by atoms with E-state index in [1.54, 1.807) is 24.3 Å². The fourth-order valence-electron chi connectivity index (χ4n) is 3.25. The summed E-state index contributed by atoms with van der Waals surface area (Å²) in [5, 5.41) is 5.65. The van der Waals surface area contributed by atoms with Crippen LogP contribution >= 0.6 is 31.9 Å². The van der Waals surface area contributed by atoms with E-state index in [0.717, 1.165) is 20.1 Å². The molecule has 0 bridgehead atoms. The summed E-state index contributed by atoms with van der Waals surface area (Å²) in [5.41, 5.74) is 3.32. The minimum absolute atomic E-state index is 0.0786. The Morgan fingerprint density at radius 1 is 0.528 bits per heavy atom. The molecule has 0 saturated heterocycles. The SMILES string of the molecule is O=C(COc1ccc(Br)cc1)Nc1ccc(-c2ccc(NC(=O)COc3ccc(Br)cc3)cc2)cc1. The molecule has 8 heteroatoms. The zero-order valence-corrected chi connectivity index (χ0v) is 22.2. The Labute approximate surface area is 225 Å². The highest BCUT2D eigenvalue weighted by Crippen LogP contribution is 2.24. The second-order valence-corrected chi connectivity index (χ2v) is 9.57. The van der Waals surface area contributed by atoms with E-state index >= 15 is 0 Å². The van der Waals surface area contributed by atoms with Crippen LogP contribution in [0.1, 0.15) is 0 Å². The molecule has 0 aliphatic rings. The van der Waals surface area contributed by atoms with E-state index in [9.17, 15) is 9.59 Å². The molecule has 0 aliphatic heterocycles. The second-order valence-electron chi connectivity index (χ2n) is 7.74. The molecule has 4 aromatic carbocycles. The van der Waals surface area contributed by atoms with Gasteiger partial charge in [0.15, 0.2) is 13.2 Å². The minimum atomic E-state index is -0.241. The van der Waals surface area contributed by atoms with Crippen LogP contribution in [-0.2, 0) is 9.59 Å². The van der Waals surface area contributed by atoms with Gasteiger partial charge in [0, 0.05) is 20.3 Å². The molecule has 0 aromatic heterocycles. The van der Waals surface area contributed by atoms with Crippen LogP contribution in [-0.4, -0.2) is 25.0 Å². The van der Waals surface area contributed by atoms with Crippen molar-refractivity contribution in [1.82, 2.24) is 0 Å². The Morgan fingerprint density at radius 3 is 1.19 bits per heavy atom. The summed E-state index contributed by atoms with van der Waals surface area (Å²) in [6.07, 6.45) is 0. The first-order chi connectivity index (χ1) is 17.4. The van der Waals surface area contributed by atoms with Crippen LogP contribution in [0, 0.1) is 0 Å². The van der Waals surface area contributed by atoms with Crippen LogP contribution < -0.4 is 20.1 Å². The molecule has 0 aliphatic carbocycles. The molecule has 0 unspecified atom stereocenters. The summed E-state index contributed by atoms with van der Waals surface area (Å²) in [6.45, 7) is -0.157. The van der Waals surface area contributed by atoms with Gasteiger partial charge in [-0.05, 0) is 83.9 Å². The molecule has 0 atom stereocenters. The van der Waals surface area contributed by atoms with Gasteiger partial charge in [-0.1, -0.05) is 56.1 Å². The summed E-state index contributed by atoms with van der Waals surface area (Å²) in [6, 6.07) is 29.6. The molecule has 0 saturated carbocycles. The molecule has 182 valence electrons. The van der Waals surface area contributed by atoms with Gasteiger partial charge < -0.3 is 20.1 Å². The number of hydrogen-bond acceptors (Lipinski definition) is 4. The molecule has 0 heterocycles. The van der Waals surface area contributed by atoms with E-state index in [1.165, 1.54) is 0 Å². The molecule has 2 N–H and O–H groups in total. The standard InChI is InChI=1S/C28H22Br2N2O4/c29-21-5-13-25(14-6-21)35-17-27(33)31-23-9-1-19(2-10-23)20-3-11-24(12-4-20)32-28(34)18-36-26-15-7-22(30)8-16-26/h1-16H,17-18H2,(H,31,33)(H,32,34). The first-order valence-corrected chi connectivity index (χ1v) is 12.6. The summed E-state index contributed by atoms with van der Waals surface area (Å²) in [7, 11) is 0. The van der Waals surface area contributed by atoms with Crippen molar-refractivity contribution in [3.8, 4) is 22.6 Å². The van der Waals surface area contributed by atoms with Gasteiger partial charge in [-0.2, -0.15) is 0 Å². The molecule has 2 amide bonds. The van der Waals surface area contributed by atoms with Gasteiger partial charge in [-0.15, -0.1) is 0 Å². The fourth-order valence-corrected chi connectivity index (χ4v) is 3.77. The van der Waals surface area contributed by atoms with Crippen molar-refractivity contribution >= 4 is 55.0 Å². The molecule has 0 radical (unpaired) electrons. The molecular formula is C28H22Br2N2O4. The summed E-state index contributed by atoms with van der Waals surface area (Å²) >= 11 is 6.73. The Kier molecular flexibility index (Phi) is 8.76. The Balaban J connectivity index is 1.25. The zero-order valence-electron chi connectivity index (χ0n) is 19.0. The van der Waals surface area contributed by atoms with Gasteiger partial charge in [-0.3, -0.25) is 9.59 Å². The topological polar surface area (TPSA) is 76.7 Å². The highest BCUT2D eigenvalue weighted by Gasteiger charge is 2.07. The van der Waals surface area contributed by atoms with Crippen LogP contribution in [0.3, 0.4) is 0 Å². The number of halogens is 2. The summed E-state index contributed by atoms with van der Waals surface area (Å²) < 4.78 is 12.9. The Hall–Kier alpha value is -3.62. The van der Waals surface area contributed by atoms with Gasteiger partial charge in [0.05, 0.1) is 0 Å². The molecule has 36 heavy (non-hydrogen) atoms. The summed E-state index contributed by atoms with van der Waals surface area (Å²) in [5.74, 6) is 0.769. The highest BCUT2D eigenvalue weighted by molar-refractivity contribution is 9.10. The number of rotatable bonds is 9. The molecule has 4 rings (SSSR count). The first kappa shape index (κ1) is 25.5. The maximum atomic E-state index is 12.2. The molecule has 4 aromatic rings. The molecule has 0 spiro atoms. The molecule has 6 nitrogen and oxygen atoms in total. The van der Waals surface area contributed by atoms with Crippen molar-refractivity contribution in [3.63, 3.8) is 0 Å². The van der Waals surface area contributed by atoms with E-state index in [4.69, 9.17) is 9.47 Å². The number of nitrogens with one attached hydrogen (secondary N) is 2. The largest absolute Gasteiger partial charge is 0.484 e. The van der Waals surface area contributed by atoms with Crippen LogP contribution in [0.25, 0.3) is 11.1 Å². The van der Waals surface area contributed by atoms with Gasteiger partial charge in [-0.25, -0.2) is 0 Å². The monoisotopic (exact) mass is 608 g/mol. The lowest BCUT2D eigenvalue weighted by atomic mass is 10.0. The van der Waals surface area contributed by atoms with E-state index in [-0.39, 0.29) is 25.0 Å². The lowest BCUT2D eigenvalue weighted by Crippen LogP contribution is -2.20. The van der Waals surface area contributed by atoms with Crippen molar-refractivity contribution in [1.29, 1.82) is 0 Å². The number of benzene rings is 4. The van der Waals surface area contributed by atoms with Crippen LogP contribution in [0.4, 0.5) is 11.4 Å². The van der Waals surface area contributed by atoms with Crippen molar-refractivity contribution in [2.75, 3.05) is 23.8 Å². The van der Waals surface area contributed by atoms with Crippen LogP contribution in [0.15, 0.2) is 106 Å². The average molecular weight is 610 g/mol. The third kappa shape index (κ3) is 7.69. The lowest BCUT2D eigenvalue weighted by Gasteiger charge is -2.10. The van der Waals surface area contributed by atoms with Crippen molar-refractivity contribution < 1.29 is 19.1 Å². The fraction of sp³-hybridized carbons (Fsp3) is 0.0714. The maximum absolute atomic E-state index is 12.2. The van der Waals surface area contributed by atoms with Gasteiger partial charge in [0.25, 0.3) is 11.8 Å². The number of ether oxygens (including phenoxy) is 2. The molecular weight excluding hydrogens is 588 g/mol. The highest BCUT2D eigenvalue weighted by atomic mass is 79.9. The van der Waals surface area contributed by atoms with Crippen LogP contribution in [0.5, 0.6) is 11.5 Å². The van der Waals surface area contributed by atoms with Gasteiger partial charge in [0.1, 0.15) is 11.5 Å². The second kappa shape index (κ2) is 12.4. The van der Waals surface area contributed by atoms with E-state index in [1.807, 2.05) is 72.8 Å². The zero-order chi connectivity index (χ0) is 25.3. The summed E-state index contributed by atoms with van der Waals surface area (Å²) in [4.78, 5) is 24.4. The minimum Gasteiger partial charge on any atom is -0.484 e. The third-order valence-corrected chi connectivity index (χ3v) is 6.10. The smallest absolute Gasteiger partial charge is 0.262 e. The predicted molar refractivity (Wildman–Crippen MR) is 148 cm³/mol. The number of carbonyl (C=O) groups is 2. The van der Waals surface area contributed by atoms with Crippen molar-refractivity contribution in [2.45, 2.75) is 0 Å². The number of hydrogen-bond donors (Lipinski definition) is 2. The Morgan fingerprint density at radius 2 is 0.861 bits per heavy atom. The maximum Gasteiger partial charge on any atom is 0.262 e. The first-order valence-electron chi connectivity index (χ1n) is 11.0. The number of amides is 2. The van der Waals surface area contributed by atoms with E-state index in [0.29, 0.717) is 22.9 Å². The third-order valence-electron chi connectivity index (χ3n) is 5.04. The van der Waals surface area contributed by atoms with Crippen LogP contribution in [0.2, 0.25) is 0 Å². The quantitative estimate of drug-likeness (QED) is 0.216. The molecule has 0 fully saturated rings. The lowest BCUT2D eigenvalue weighted by molar-refractivity contribution is -0.118. The predicted octanol–water partition coefficient (Wildman–Crippen LogP) is 6.91.